The summed E-state index contributed by atoms with van der Waals surface area (Å²) in [5.41, 5.74) is 1.14. The smallest absolute Gasteiger partial charge is 0.306 e. The number of benzene rings is 2. The van der Waals surface area contributed by atoms with Crippen LogP contribution in [0.3, 0.4) is 0 Å². The van der Waals surface area contributed by atoms with Gasteiger partial charge in [0, 0.05) is 6.42 Å². The molecule has 0 heterocycles. The summed E-state index contributed by atoms with van der Waals surface area (Å²) in [4.78, 5) is 23.9. The van der Waals surface area contributed by atoms with Gasteiger partial charge in [-0.05, 0) is 36.2 Å². The zero-order valence-corrected chi connectivity index (χ0v) is 17.7. The van der Waals surface area contributed by atoms with E-state index >= 15 is 0 Å². The van der Waals surface area contributed by atoms with Crippen LogP contribution in [0.1, 0.15) is 12.0 Å². The van der Waals surface area contributed by atoms with Crippen LogP contribution in [0.15, 0.2) is 30.3 Å². The van der Waals surface area contributed by atoms with Crippen molar-refractivity contribution < 1.29 is 28.5 Å². The molecule has 0 fully saturated rings. The van der Waals surface area contributed by atoms with Crippen molar-refractivity contribution in [1.82, 2.24) is 0 Å². The Balaban J connectivity index is 1.88. The number of aryl methyl sites for hydroxylation is 1. The summed E-state index contributed by atoms with van der Waals surface area (Å²) in [5.74, 6) is 0.417. The van der Waals surface area contributed by atoms with Gasteiger partial charge in [-0.3, -0.25) is 9.59 Å². The first-order valence-electron chi connectivity index (χ1n) is 8.58. The number of carbonyl (C=O) groups is 2. The second kappa shape index (κ2) is 10.8. The third kappa shape index (κ3) is 6.17. The highest BCUT2D eigenvalue weighted by Crippen LogP contribution is 2.38. The first kappa shape index (κ1) is 22.6. The van der Waals surface area contributed by atoms with Gasteiger partial charge < -0.3 is 24.3 Å². The lowest BCUT2D eigenvalue weighted by Crippen LogP contribution is -2.21. The standard InChI is InChI=1S/C20H21Cl2NO6/c1-26-15-9-12(10-16(27-2)20(15)28-3)7-8-18(25)29-11-17(24)23-14-6-4-5-13(21)19(14)22/h4-6,9-10H,7-8,11H2,1-3H3,(H,23,24). The maximum atomic E-state index is 12.0. The molecule has 0 radical (unpaired) electrons. The first-order chi connectivity index (χ1) is 13.9. The van der Waals surface area contributed by atoms with Gasteiger partial charge in [-0.2, -0.15) is 0 Å². The highest BCUT2D eigenvalue weighted by atomic mass is 35.5. The number of rotatable bonds is 9. The van der Waals surface area contributed by atoms with Crippen molar-refractivity contribution in [2.24, 2.45) is 0 Å². The Bertz CT molecular complexity index is 862. The third-order valence-corrected chi connectivity index (χ3v) is 4.75. The summed E-state index contributed by atoms with van der Waals surface area (Å²) < 4.78 is 20.8. The number of ether oxygens (including phenoxy) is 4. The summed E-state index contributed by atoms with van der Waals surface area (Å²) in [6.45, 7) is -0.434. The van der Waals surface area contributed by atoms with Gasteiger partial charge in [-0.15, -0.1) is 0 Å². The quantitative estimate of drug-likeness (QED) is 0.588. The van der Waals surface area contributed by atoms with E-state index in [9.17, 15) is 9.59 Å². The van der Waals surface area contributed by atoms with Crippen molar-refractivity contribution in [2.75, 3.05) is 33.3 Å². The fourth-order valence-corrected chi connectivity index (χ4v) is 2.88. The number of hydrogen-bond donors (Lipinski definition) is 1. The molecular weight excluding hydrogens is 421 g/mol. The minimum Gasteiger partial charge on any atom is -0.493 e. The monoisotopic (exact) mass is 441 g/mol. The van der Waals surface area contributed by atoms with Crippen molar-refractivity contribution in [2.45, 2.75) is 12.8 Å². The molecule has 1 N–H and O–H groups in total. The normalized spacial score (nSPS) is 10.2. The highest BCUT2D eigenvalue weighted by molar-refractivity contribution is 6.44. The van der Waals surface area contributed by atoms with Crippen LogP contribution in [0.25, 0.3) is 0 Å². The van der Waals surface area contributed by atoms with E-state index in [4.69, 9.17) is 42.1 Å². The fraction of sp³-hybridized carbons (Fsp3) is 0.300. The lowest BCUT2D eigenvalue weighted by molar-refractivity contribution is -0.147. The zero-order valence-electron chi connectivity index (χ0n) is 16.2. The van der Waals surface area contributed by atoms with E-state index in [0.717, 1.165) is 5.56 Å². The van der Waals surface area contributed by atoms with Crippen LogP contribution in [0.4, 0.5) is 5.69 Å². The Kier molecular flexibility index (Phi) is 8.42. The molecule has 0 atom stereocenters. The predicted molar refractivity (Wildman–Crippen MR) is 110 cm³/mol. The Hall–Kier alpha value is -2.64. The van der Waals surface area contributed by atoms with Crippen LogP contribution in [-0.2, 0) is 20.7 Å². The van der Waals surface area contributed by atoms with Crippen molar-refractivity contribution in [3.05, 3.63) is 45.9 Å². The van der Waals surface area contributed by atoms with Gasteiger partial charge in [0.25, 0.3) is 5.91 Å². The molecule has 156 valence electrons. The molecule has 0 bridgehead atoms. The summed E-state index contributed by atoms with van der Waals surface area (Å²) in [7, 11) is 4.54. The lowest BCUT2D eigenvalue weighted by atomic mass is 10.1. The molecule has 2 rings (SSSR count). The van der Waals surface area contributed by atoms with Crippen LogP contribution in [0.2, 0.25) is 10.0 Å². The molecule has 0 unspecified atom stereocenters. The van der Waals surface area contributed by atoms with Crippen molar-refractivity contribution in [3.8, 4) is 17.2 Å². The molecule has 0 saturated carbocycles. The van der Waals surface area contributed by atoms with E-state index in [2.05, 4.69) is 5.32 Å². The Morgan fingerprint density at radius 3 is 2.24 bits per heavy atom. The van der Waals surface area contributed by atoms with E-state index < -0.39 is 18.5 Å². The molecule has 0 saturated heterocycles. The van der Waals surface area contributed by atoms with Crippen LogP contribution in [0.5, 0.6) is 17.2 Å². The second-order valence-corrected chi connectivity index (χ2v) is 6.63. The van der Waals surface area contributed by atoms with Gasteiger partial charge in [0.15, 0.2) is 18.1 Å². The number of hydrogen-bond acceptors (Lipinski definition) is 6. The summed E-state index contributed by atoms with van der Waals surface area (Å²) in [6.07, 6.45) is 0.446. The van der Waals surface area contributed by atoms with Gasteiger partial charge in [0.05, 0.1) is 37.1 Å². The number of methoxy groups -OCH3 is 3. The van der Waals surface area contributed by atoms with Crippen molar-refractivity contribution >= 4 is 40.8 Å². The lowest BCUT2D eigenvalue weighted by Gasteiger charge is -2.14. The van der Waals surface area contributed by atoms with E-state index in [1.807, 2.05) is 0 Å². The molecule has 0 aliphatic carbocycles. The largest absolute Gasteiger partial charge is 0.493 e. The van der Waals surface area contributed by atoms with E-state index in [0.29, 0.717) is 34.4 Å². The van der Waals surface area contributed by atoms with Gasteiger partial charge in [-0.1, -0.05) is 29.3 Å². The fourth-order valence-electron chi connectivity index (χ4n) is 2.53. The van der Waals surface area contributed by atoms with Gasteiger partial charge in [0.2, 0.25) is 5.75 Å². The number of anilines is 1. The maximum Gasteiger partial charge on any atom is 0.306 e. The number of halogens is 2. The number of amides is 1. The molecular formula is C20H21Cl2NO6. The van der Waals surface area contributed by atoms with Crippen LogP contribution in [-0.4, -0.2) is 39.8 Å². The topological polar surface area (TPSA) is 83.1 Å². The average Bonchev–Trinajstić information content (AvgIpc) is 2.73. The Morgan fingerprint density at radius 1 is 1.00 bits per heavy atom. The van der Waals surface area contributed by atoms with Gasteiger partial charge in [0.1, 0.15) is 0 Å². The summed E-state index contributed by atoms with van der Waals surface area (Å²) in [5, 5.41) is 3.07. The molecule has 0 aliphatic heterocycles. The second-order valence-electron chi connectivity index (χ2n) is 5.84. The molecule has 2 aromatic rings. The van der Waals surface area contributed by atoms with Crippen molar-refractivity contribution in [3.63, 3.8) is 0 Å². The van der Waals surface area contributed by atoms with Gasteiger partial charge in [-0.25, -0.2) is 0 Å². The average molecular weight is 442 g/mol. The number of nitrogens with one attached hydrogen (secondary N) is 1. The SMILES string of the molecule is COc1cc(CCC(=O)OCC(=O)Nc2cccc(Cl)c2Cl)cc(OC)c1OC. The highest BCUT2D eigenvalue weighted by Gasteiger charge is 2.15. The minimum atomic E-state index is -0.522. The van der Waals surface area contributed by atoms with Crippen LogP contribution in [0, 0.1) is 0 Å². The molecule has 2 aromatic carbocycles. The maximum absolute atomic E-state index is 12.0. The van der Waals surface area contributed by atoms with E-state index in [1.165, 1.54) is 21.3 Å². The van der Waals surface area contributed by atoms with Crippen LogP contribution >= 0.6 is 23.2 Å². The third-order valence-electron chi connectivity index (χ3n) is 3.93. The van der Waals surface area contributed by atoms with E-state index in [-0.39, 0.29) is 11.4 Å². The molecule has 0 aromatic heterocycles. The molecule has 0 spiro atoms. The van der Waals surface area contributed by atoms with Gasteiger partial charge >= 0.3 is 5.97 Å². The van der Waals surface area contributed by atoms with Crippen LogP contribution < -0.4 is 19.5 Å². The molecule has 0 aliphatic rings. The molecule has 1 amide bonds. The number of carbonyl (C=O) groups excluding carboxylic acids is 2. The Labute approximate surface area is 178 Å². The molecule has 7 nitrogen and oxygen atoms in total. The molecule has 9 heteroatoms. The summed E-state index contributed by atoms with van der Waals surface area (Å²) >= 11 is 11.9. The molecule has 29 heavy (non-hydrogen) atoms. The summed E-state index contributed by atoms with van der Waals surface area (Å²) in [6, 6.07) is 8.35. The Morgan fingerprint density at radius 2 is 1.66 bits per heavy atom. The number of esters is 1. The predicted octanol–water partition coefficient (Wildman–Crippen LogP) is 4.13. The van der Waals surface area contributed by atoms with E-state index in [1.54, 1.807) is 30.3 Å². The zero-order chi connectivity index (χ0) is 21.4. The minimum absolute atomic E-state index is 0.0733. The first-order valence-corrected chi connectivity index (χ1v) is 9.33. The van der Waals surface area contributed by atoms with Crippen molar-refractivity contribution in [1.29, 1.82) is 0 Å².